The minimum absolute atomic E-state index is 0.0607. The van der Waals surface area contributed by atoms with E-state index in [2.05, 4.69) is 9.97 Å². The Labute approximate surface area is 122 Å². The highest BCUT2D eigenvalue weighted by Gasteiger charge is 2.32. The highest BCUT2D eigenvalue weighted by Crippen LogP contribution is 2.19. The molecule has 1 amide bonds. The minimum atomic E-state index is -0.962. The number of hydrogen-bond donors (Lipinski definition) is 2. The highest BCUT2D eigenvalue weighted by atomic mass is 16.4. The van der Waals surface area contributed by atoms with Gasteiger partial charge < -0.3 is 15.0 Å². The first-order chi connectivity index (χ1) is 9.90. The number of aromatic nitrogens is 2. The van der Waals surface area contributed by atoms with E-state index in [9.17, 15) is 19.5 Å². The first-order valence-corrected chi connectivity index (χ1v) is 6.99. The Hall–Kier alpha value is -2.18. The minimum Gasteiger partial charge on any atom is -0.480 e. The van der Waals surface area contributed by atoms with Crippen LogP contribution in [0.25, 0.3) is 0 Å². The molecule has 0 aliphatic carbocycles. The topological polar surface area (TPSA) is 103 Å². The average Bonchev–Trinajstić information content (AvgIpc) is 2.42. The van der Waals surface area contributed by atoms with E-state index in [1.807, 2.05) is 0 Å². The van der Waals surface area contributed by atoms with Gasteiger partial charge in [-0.05, 0) is 33.1 Å². The van der Waals surface area contributed by atoms with Crippen molar-refractivity contribution >= 4 is 11.9 Å². The summed E-state index contributed by atoms with van der Waals surface area (Å²) in [6.45, 7) is 3.85. The maximum atomic E-state index is 12.4. The number of likely N-dealkylation sites (tertiary alicyclic amines) is 1. The predicted octanol–water partition coefficient (Wildman–Crippen LogP) is 0.395. The zero-order chi connectivity index (χ0) is 15.6. The number of amides is 1. The molecule has 1 saturated heterocycles. The highest BCUT2D eigenvalue weighted by molar-refractivity contribution is 5.85. The number of rotatable bonds is 3. The molecule has 0 saturated carbocycles. The molecule has 2 N–H and O–H groups in total. The first-order valence-electron chi connectivity index (χ1n) is 6.99. The molecule has 114 valence electrons. The van der Waals surface area contributed by atoms with E-state index in [0.717, 1.165) is 12.8 Å². The summed E-state index contributed by atoms with van der Waals surface area (Å²) in [5.41, 5.74) is 1.33. The molecule has 7 nitrogen and oxygen atoms in total. The molecular formula is C14H19N3O4. The Morgan fingerprint density at radius 2 is 2.10 bits per heavy atom. The number of aliphatic carboxylic acids is 1. The maximum absolute atomic E-state index is 12.4. The summed E-state index contributed by atoms with van der Waals surface area (Å²) in [5, 5.41) is 9.22. The third kappa shape index (κ3) is 3.29. The van der Waals surface area contributed by atoms with Gasteiger partial charge in [-0.15, -0.1) is 0 Å². The third-order valence-corrected chi connectivity index (χ3v) is 3.89. The summed E-state index contributed by atoms with van der Waals surface area (Å²) in [5.74, 6) is -1.20. The lowest BCUT2D eigenvalue weighted by Gasteiger charge is -2.33. The molecule has 0 radical (unpaired) electrons. The molecule has 1 aliphatic heterocycles. The number of aromatic amines is 1. The zero-order valence-corrected chi connectivity index (χ0v) is 12.2. The number of carboxylic acid groups (broad SMARTS) is 1. The number of aryl methyl sites for hydroxylation is 2. The normalized spacial score (nSPS) is 18.6. The second-order valence-electron chi connectivity index (χ2n) is 5.34. The van der Waals surface area contributed by atoms with E-state index < -0.39 is 17.7 Å². The molecule has 1 atom stereocenters. The maximum Gasteiger partial charge on any atom is 0.345 e. The van der Waals surface area contributed by atoms with Crippen molar-refractivity contribution in [2.45, 2.75) is 45.6 Å². The zero-order valence-electron chi connectivity index (χ0n) is 12.2. The number of carbonyl (C=O) groups is 2. The van der Waals surface area contributed by atoms with Gasteiger partial charge in [-0.2, -0.15) is 4.98 Å². The molecule has 7 heteroatoms. The van der Waals surface area contributed by atoms with Crippen LogP contribution in [-0.2, 0) is 16.0 Å². The van der Waals surface area contributed by atoms with Crippen molar-refractivity contribution in [1.82, 2.24) is 14.9 Å². The van der Waals surface area contributed by atoms with Gasteiger partial charge in [0.25, 0.3) is 0 Å². The van der Waals surface area contributed by atoms with Crippen LogP contribution in [0.2, 0.25) is 0 Å². The quantitative estimate of drug-likeness (QED) is 0.839. The lowest BCUT2D eigenvalue weighted by molar-refractivity contribution is -0.151. The molecule has 0 spiro atoms. The van der Waals surface area contributed by atoms with E-state index in [4.69, 9.17) is 0 Å². The molecule has 21 heavy (non-hydrogen) atoms. The Balaban J connectivity index is 2.21. The summed E-state index contributed by atoms with van der Waals surface area (Å²) in [6, 6.07) is -0.748. The number of H-pyrrole nitrogens is 1. The van der Waals surface area contributed by atoms with Crippen LogP contribution in [0.3, 0.4) is 0 Å². The SMILES string of the molecule is Cc1nc(=O)[nH]c(C)c1CC(=O)N1CCCCC1C(=O)O. The lowest BCUT2D eigenvalue weighted by atomic mass is 10.0. The Kier molecular flexibility index (Phi) is 4.40. The van der Waals surface area contributed by atoms with Crippen LogP contribution in [0.1, 0.15) is 36.2 Å². The van der Waals surface area contributed by atoms with Crippen LogP contribution in [0, 0.1) is 13.8 Å². The van der Waals surface area contributed by atoms with E-state index >= 15 is 0 Å². The summed E-state index contributed by atoms with van der Waals surface area (Å²) in [6.07, 6.45) is 2.19. The fourth-order valence-corrected chi connectivity index (χ4v) is 2.76. The first kappa shape index (κ1) is 15.2. The van der Waals surface area contributed by atoms with Crippen molar-refractivity contribution in [1.29, 1.82) is 0 Å². The van der Waals surface area contributed by atoms with Crippen LogP contribution < -0.4 is 5.69 Å². The molecule has 0 bridgehead atoms. The fraction of sp³-hybridized carbons (Fsp3) is 0.571. The van der Waals surface area contributed by atoms with Gasteiger partial charge in [-0.1, -0.05) is 0 Å². The van der Waals surface area contributed by atoms with Gasteiger partial charge >= 0.3 is 11.7 Å². The van der Waals surface area contributed by atoms with E-state index in [-0.39, 0.29) is 12.3 Å². The van der Waals surface area contributed by atoms with E-state index in [1.165, 1.54) is 4.90 Å². The van der Waals surface area contributed by atoms with Crippen molar-refractivity contribution in [2.75, 3.05) is 6.54 Å². The average molecular weight is 293 g/mol. The van der Waals surface area contributed by atoms with Gasteiger partial charge in [0.05, 0.1) is 6.42 Å². The summed E-state index contributed by atoms with van der Waals surface area (Å²) in [4.78, 5) is 42.7. The van der Waals surface area contributed by atoms with Crippen LogP contribution >= 0.6 is 0 Å². The van der Waals surface area contributed by atoms with Gasteiger partial charge in [0.1, 0.15) is 6.04 Å². The Bertz CT molecular complexity index is 597. The number of nitrogens with zero attached hydrogens (tertiary/aromatic N) is 2. The number of hydrogen-bond acceptors (Lipinski definition) is 4. The fourth-order valence-electron chi connectivity index (χ4n) is 2.76. The molecule has 1 aromatic rings. The number of nitrogens with one attached hydrogen (secondary N) is 1. The van der Waals surface area contributed by atoms with Crippen molar-refractivity contribution < 1.29 is 14.7 Å². The largest absolute Gasteiger partial charge is 0.480 e. The Morgan fingerprint density at radius 1 is 1.38 bits per heavy atom. The van der Waals surface area contributed by atoms with Crippen molar-refractivity contribution in [3.8, 4) is 0 Å². The van der Waals surface area contributed by atoms with Gasteiger partial charge in [-0.25, -0.2) is 9.59 Å². The molecule has 1 fully saturated rings. The summed E-state index contributed by atoms with van der Waals surface area (Å²) < 4.78 is 0. The van der Waals surface area contributed by atoms with Gasteiger partial charge in [0, 0.05) is 23.5 Å². The number of piperidine rings is 1. The van der Waals surface area contributed by atoms with Crippen LogP contribution in [0.15, 0.2) is 4.79 Å². The second-order valence-corrected chi connectivity index (χ2v) is 5.34. The molecule has 2 heterocycles. The Morgan fingerprint density at radius 3 is 2.71 bits per heavy atom. The second kappa shape index (κ2) is 6.07. The number of carboxylic acids is 1. The predicted molar refractivity (Wildman–Crippen MR) is 75.0 cm³/mol. The van der Waals surface area contributed by atoms with E-state index in [0.29, 0.717) is 29.9 Å². The van der Waals surface area contributed by atoms with E-state index in [1.54, 1.807) is 13.8 Å². The molecule has 2 rings (SSSR count). The monoisotopic (exact) mass is 293 g/mol. The smallest absolute Gasteiger partial charge is 0.345 e. The van der Waals surface area contributed by atoms with Crippen molar-refractivity contribution in [3.63, 3.8) is 0 Å². The summed E-state index contributed by atoms with van der Waals surface area (Å²) >= 11 is 0. The van der Waals surface area contributed by atoms with Crippen LogP contribution in [-0.4, -0.2) is 44.4 Å². The standard InChI is InChI=1S/C14H19N3O4/c1-8-10(9(2)16-14(21)15-8)7-12(18)17-6-4-3-5-11(17)13(19)20/h11H,3-7H2,1-2H3,(H,19,20)(H,15,16,21). The molecule has 1 unspecified atom stereocenters. The van der Waals surface area contributed by atoms with Gasteiger partial charge in [0.15, 0.2) is 0 Å². The molecule has 1 aromatic heterocycles. The summed E-state index contributed by atoms with van der Waals surface area (Å²) in [7, 11) is 0. The number of carbonyl (C=O) groups excluding carboxylic acids is 1. The third-order valence-electron chi connectivity index (χ3n) is 3.89. The molecule has 0 aromatic carbocycles. The van der Waals surface area contributed by atoms with Crippen LogP contribution in [0.4, 0.5) is 0 Å². The molecular weight excluding hydrogens is 274 g/mol. The van der Waals surface area contributed by atoms with Crippen molar-refractivity contribution in [3.05, 3.63) is 27.4 Å². The van der Waals surface area contributed by atoms with Gasteiger partial charge in [0.2, 0.25) is 5.91 Å². The lowest BCUT2D eigenvalue weighted by Crippen LogP contribution is -2.48. The van der Waals surface area contributed by atoms with Crippen molar-refractivity contribution in [2.24, 2.45) is 0 Å². The van der Waals surface area contributed by atoms with Gasteiger partial charge in [-0.3, -0.25) is 4.79 Å². The van der Waals surface area contributed by atoms with Crippen LogP contribution in [0.5, 0.6) is 0 Å². The molecule has 1 aliphatic rings.